The second-order valence-electron chi connectivity index (χ2n) is 14.1. The second-order valence-corrected chi connectivity index (χ2v) is 14.1. The third-order valence-corrected chi connectivity index (χ3v) is 9.74. The van der Waals surface area contributed by atoms with Gasteiger partial charge in [0.25, 0.3) is 0 Å². The highest BCUT2D eigenvalue weighted by Crippen LogP contribution is 2.37. The number of nitrogens with two attached hydrogens (primary N) is 1. The Kier molecular flexibility index (Phi) is 12.8. The molecule has 0 unspecified atom stereocenters. The van der Waals surface area contributed by atoms with Gasteiger partial charge in [0.1, 0.15) is 0 Å². The maximum Gasteiger partial charge on any atom is 0.196 e. The Bertz CT molecular complexity index is 1950. The first kappa shape index (κ1) is 37.8. The fourth-order valence-electron chi connectivity index (χ4n) is 6.75. The first-order valence-electron chi connectivity index (χ1n) is 18.3. The molecule has 4 N–H and O–H groups in total. The lowest BCUT2D eigenvalue weighted by Crippen LogP contribution is -2.41. The molecule has 1 aliphatic carbocycles. The van der Waals surface area contributed by atoms with Crippen molar-refractivity contribution in [1.82, 2.24) is 0 Å². The molecule has 270 valence electrons. The summed E-state index contributed by atoms with van der Waals surface area (Å²) in [5, 5.41) is 13.7. The van der Waals surface area contributed by atoms with E-state index in [2.05, 4.69) is 60.7 Å². The number of fused-ring (bicyclic) bond motifs is 2. The van der Waals surface area contributed by atoms with Crippen LogP contribution in [0.5, 0.6) is 0 Å². The highest BCUT2D eigenvalue weighted by atomic mass is 16.1. The van der Waals surface area contributed by atoms with Crippen molar-refractivity contribution in [1.29, 1.82) is 0 Å². The number of hydrazone groups is 1. The van der Waals surface area contributed by atoms with Crippen LogP contribution in [0.1, 0.15) is 75.1 Å². The molecular formula is C44H53N6O2+. The molecule has 0 atom stereocenters. The lowest BCUT2D eigenvalue weighted by Gasteiger charge is -2.30. The van der Waals surface area contributed by atoms with Gasteiger partial charge in [-0.1, -0.05) is 85.8 Å². The molecule has 8 heteroatoms. The van der Waals surface area contributed by atoms with Crippen molar-refractivity contribution in [3.05, 3.63) is 137 Å². The molecule has 0 saturated carbocycles. The van der Waals surface area contributed by atoms with Crippen LogP contribution in [0.15, 0.2) is 109 Å². The van der Waals surface area contributed by atoms with Crippen LogP contribution in [0.4, 0.5) is 22.7 Å². The minimum Gasteiger partial charge on any atom is -0.398 e. The number of para-hydroxylation sites is 2. The van der Waals surface area contributed by atoms with E-state index >= 15 is 0 Å². The summed E-state index contributed by atoms with van der Waals surface area (Å²) in [6, 6.07) is 27.3. The van der Waals surface area contributed by atoms with Crippen molar-refractivity contribution in [2.24, 2.45) is 5.10 Å². The number of nitrogen functional groups attached to an aromatic ring is 1. The number of allylic oxidation sites excluding steroid dienone is 3. The summed E-state index contributed by atoms with van der Waals surface area (Å²) >= 11 is 0. The summed E-state index contributed by atoms with van der Waals surface area (Å²) in [6.07, 6.45) is 11.2. The summed E-state index contributed by atoms with van der Waals surface area (Å²) in [7, 11) is 6.51. The van der Waals surface area contributed by atoms with Crippen LogP contribution < -0.4 is 21.4 Å². The highest BCUT2D eigenvalue weighted by molar-refractivity contribution is 6.32. The number of quaternary nitrogens is 1. The number of hydrogen-bond donors (Lipinski definition) is 3. The van der Waals surface area contributed by atoms with E-state index in [1.54, 1.807) is 30.3 Å². The van der Waals surface area contributed by atoms with Gasteiger partial charge in [-0.15, -0.1) is 0 Å². The first-order valence-corrected chi connectivity index (χ1v) is 18.3. The number of carbonyl (C=O) groups is 2. The van der Waals surface area contributed by atoms with Crippen molar-refractivity contribution in [2.45, 2.75) is 39.0 Å². The molecule has 8 nitrogen and oxygen atoms in total. The first-order chi connectivity index (χ1) is 25.1. The maximum absolute atomic E-state index is 13.5. The second kappa shape index (κ2) is 17.6. The number of hydrogen-bond acceptors (Lipinski definition) is 7. The third kappa shape index (κ3) is 9.25. The quantitative estimate of drug-likeness (QED) is 0.0212. The zero-order valence-corrected chi connectivity index (χ0v) is 31.1. The normalized spacial score (nSPS) is 12.8. The number of nitrogens with one attached hydrogen (secondary N) is 2. The molecule has 0 aromatic heterocycles. The van der Waals surface area contributed by atoms with E-state index in [0.717, 1.165) is 77.9 Å². The van der Waals surface area contributed by atoms with Crippen LogP contribution >= 0.6 is 0 Å². The molecule has 52 heavy (non-hydrogen) atoms. The SMILES string of the molecule is C=CC=C(C=NN(C)c1ccccc1)c1ccccc1NCCCCCC[N+](C)(C)CCCNc1cc(C)c(N)c2c1C(=O)c1ccccc1C2=O. The van der Waals surface area contributed by atoms with Gasteiger partial charge < -0.3 is 20.9 Å². The Morgan fingerprint density at radius 1 is 0.788 bits per heavy atom. The van der Waals surface area contributed by atoms with Gasteiger partial charge in [-0.2, -0.15) is 5.10 Å². The van der Waals surface area contributed by atoms with Gasteiger partial charge in [0.15, 0.2) is 11.6 Å². The fourth-order valence-corrected chi connectivity index (χ4v) is 6.75. The van der Waals surface area contributed by atoms with Crippen LogP contribution in [0.3, 0.4) is 0 Å². The Balaban J connectivity index is 1.05. The lowest BCUT2D eigenvalue weighted by atomic mass is 9.81. The fraction of sp³-hybridized carbons (Fsp3) is 0.295. The third-order valence-electron chi connectivity index (χ3n) is 9.74. The van der Waals surface area contributed by atoms with E-state index in [-0.39, 0.29) is 11.6 Å². The number of benzene rings is 4. The Labute approximate surface area is 309 Å². The average molecular weight is 698 g/mol. The largest absolute Gasteiger partial charge is 0.398 e. The lowest BCUT2D eigenvalue weighted by molar-refractivity contribution is -0.890. The number of rotatable bonds is 18. The number of aryl methyl sites for hydroxylation is 1. The Morgan fingerprint density at radius 3 is 2.12 bits per heavy atom. The molecule has 5 rings (SSSR count). The standard InChI is InChI=1S/C44H52N6O2/c1-6-19-33(31-48-49(3)34-20-10-9-11-21-34)35-22-14-15-25-38(35)46-26-16-7-8-17-28-50(4,5)29-18-27-47-39-30-32(2)42(45)41-40(39)43(51)36-23-12-13-24-37(36)44(41)52/h6,9-15,19-25,30-31,46H,1,7-8,16-18,26-29H2,2-5H3,(H2-,45,47,51,52)/p+1. The zero-order valence-electron chi connectivity index (χ0n) is 31.1. The van der Waals surface area contributed by atoms with Crippen LogP contribution in [-0.2, 0) is 0 Å². The van der Waals surface area contributed by atoms with E-state index in [1.807, 2.05) is 67.7 Å². The summed E-state index contributed by atoms with van der Waals surface area (Å²) in [5.74, 6) is -0.336. The molecule has 4 aromatic rings. The predicted octanol–water partition coefficient (Wildman–Crippen LogP) is 8.60. The predicted molar refractivity (Wildman–Crippen MR) is 219 cm³/mol. The summed E-state index contributed by atoms with van der Waals surface area (Å²) in [4.78, 5) is 26.9. The van der Waals surface area contributed by atoms with Crippen LogP contribution in [0, 0.1) is 6.92 Å². The van der Waals surface area contributed by atoms with Crippen molar-refractivity contribution in [3.8, 4) is 0 Å². The van der Waals surface area contributed by atoms with E-state index < -0.39 is 0 Å². The monoisotopic (exact) mass is 697 g/mol. The number of anilines is 4. The average Bonchev–Trinajstić information content (AvgIpc) is 3.15. The zero-order chi connectivity index (χ0) is 37.1. The summed E-state index contributed by atoms with van der Waals surface area (Å²) in [6.45, 7) is 9.51. The van der Waals surface area contributed by atoms with Crippen LogP contribution in [0.25, 0.3) is 5.57 Å². The van der Waals surface area contributed by atoms with Crippen LogP contribution in [-0.4, -0.2) is 69.6 Å². The molecule has 0 saturated heterocycles. The van der Waals surface area contributed by atoms with E-state index in [4.69, 9.17) is 5.73 Å². The van der Waals surface area contributed by atoms with Crippen molar-refractivity contribution >= 4 is 46.1 Å². The van der Waals surface area contributed by atoms with Crippen molar-refractivity contribution < 1.29 is 14.1 Å². The number of carbonyl (C=O) groups excluding carboxylic acids is 2. The summed E-state index contributed by atoms with van der Waals surface area (Å²) < 4.78 is 0.927. The van der Waals surface area contributed by atoms with Gasteiger partial charge in [0.2, 0.25) is 0 Å². The van der Waals surface area contributed by atoms with Crippen LogP contribution in [0.2, 0.25) is 0 Å². The number of nitrogens with zero attached hydrogens (tertiary/aromatic N) is 3. The molecule has 0 amide bonds. The summed E-state index contributed by atoms with van der Waals surface area (Å²) in [5.41, 5.74) is 14.0. The van der Waals surface area contributed by atoms with E-state index in [1.165, 1.54) is 6.42 Å². The molecule has 0 radical (unpaired) electrons. The van der Waals surface area contributed by atoms with Gasteiger partial charge in [0, 0.05) is 65.9 Å². The number of ketones is 2. The highest BCUT2D eigenvalue weighted by Gasteiger charge is 2.34. The van der Waals surface area contributed by atoms with Crippen molar-refractivity contribution in [3.63, 3.8) is 0 Å². The number of unbranched alkanes of at least 4 members (excludes halogenated alkanes) is 3. The smallest absolute Gasteiger partial charge is 0.196 e. The van der Waals surface area contributed by atoms with E-state index in [9.17, 15) is 9.59 Å². The molecular weight excluding hydrogens is 645 g/mol. The van der Waals surface area contributed by atoms with Gasteiger partial charge in [0.05, 0.1) is 50.2 Å². The molecule has 0 bridgehead atoms. The molecule has 0 heterocycles. The van der Waals surface area contributed by atoms with E-state index in [0.29, 0.717) is 40.2 Å². The van der Waals surface area contributed by atoms with Gasteiger partial charge in [-0.3, -0.25) is 14.6 Å². The minimum absolute atomic E-state index is 0.152. The molecule has 4 aromatic carbocycles. The van der Waals surface area contributed by atoms with Gasteiger partial charge in [-0.25, -0.2) is 0 Å². The molecule has 1 aliphatic rings. The molecule has 0 fully saturated rings. The topological polar surface area (TPSA) is 99.8 Å². The molecule has 0 spiro atoms. The Hall–Kier alpha value is -5.47. The minimum atomic E-state index is -0.184. The maximum atomic E-state index is 13.5. The van der Waals surface area contributed by atoms with Gasteiger partial charge in [-0.05, 0) is 56.0 Å². The molecule has 0 aliphatic heterocycles. The van der Waals surface area contributed by atoms with Gasteiger partial charge >= 0.3 is 0 Å². The van der Waals surface area contributed by atoms with Crippen molar-refractivity contribution in [2.75, 3.05) is 68.7 Å². The Morgan fingerprint density at radius 2 is 1.38 bits per heavy atom.